The van der Waals surface area contributed by atoms with E-state index in [2.05, 4.69) is 10.3 Å². The minimum atomic E-state index is -1.16. The van der Waals surface area contributed by atoms with Crippen LogP contribution in [0.1, 0.15) is 51.0 Å². The van der Waals surface area contributed by atoms with Crippen molar-refractivity contribution >= 4 is 11.9 Å². The summed E-state index contributed by atoms with van der Waals surface area (Å²) >= 11 is 0. The van der Waals surface area contributed by atoms with Crippen LogP contribution in [0.4, 0.5) is 0 Å². The molecule has 0 aliphatic carbocycles. The number of ether oxygens (including phenoxy) is 1. The third kappa shape index (κ3) is 4.03. The molecule has 1 aliphatic heterocycles. The monoisotopic (exact) mass is 340 g/mol. The quantitative estimate of drug-likeness (QED) is 0.893. The largest absolute Gasteiger partial charge is 0.477 e. The average Bonchev–Trinajstić information content (AvgIpc) is 2.63. The molecule has 2 N–H and O–H groups in total. The standard InChI is InChI=1S/C19H20N2O4/c1-12-7-9-13(10-8-12)17-14(6-3-11-25-17)21-18(22)15-4-2-5-16(20-15)19(23)24/h2,4-5,7-10,14,17H,3,6,11H2,1H3,(H,21,22)(H,23,24)/t14-,17+/m1/s1. The summed E-state index contributed by atoms with van der Waals surface area (Å²) in [6, 6.07) is 12.2. The van der Waals surface area contributed by atoms with Crippen LogP contribution in [0.3, 0.4) is 0 Å². The van der Waals surface area contributed by atoms with Crippen LogP contribution in [0.25, 0.3) is 0 Å². The fourth-order valence-electron chi connectivity index (χ4n) is 2.94. The van der Waals surface area contributed by atoms with Gasteiger partial charge in [0.15, 0.2) is 0 Å². The summed E-state index contributed by atoms with van der Waals surface area (Å²) in [6.45, 7) is 2.67. The maximum absolute atomic E-state index is 12.5. The Kier molecular flexibility index (Phi) is 5.09. The summed E-state index contributed by atoms with van der Waals surface area (Å²) in [7, 11) is 0. The van der Waals surface area contributed by atoms with Gasteiger partial charge in [0.25, 0.3) is 5.91 Å². The van der Waals surface area contributed by atoms with Gasteiger partial charge in [0.2, 0.25) is 0 Å². The molecule has 1 aromatic heterocycles. The van der Waals surface area contributed by atoms with Gasteiger partial charge >= 0.3 is 5.97 Å². The molecule has 0 unspecified atom stereocenters. The molecule has 0 saturated carbocycles. The Morgan fingerprint density at radius 2 is 1.88 bits per heavy atom. The predicted octanol–water partition coefficient (Wildman–Crippen LogP) is 2.74. The van der Waals surface area contributed by atoms with Gasteiger partial charge in [-0.2, -0.15) is 0 Å². The number of hydrogen-bond acceptors (Lipinski definition) is 4. The van der Waals surface area contributed by atoms with E-state index in [1.807, 2.05) is 31.2 Å². The number of amides is 1. The number of pyridine rings is 1. The molecule has 1 aromatic carbocycles. The van der Waals surface area contributed by atoms with Crippen LogP contribution in [0.2, 0.25) is 0 Å². The van der Waals surface area contributed by atoms with Crippen molar-refractivity contribution < 1.29 is 19.4 Å². The lowest BCUT2D eigenvalue weighted by Gasteiger charge is -2.32. The van der Waals surface area contributed by atoms with Gasteiger partial charge in [-0.15, -0.1) is 0 Å². The highest BCUT2D eigenvalue weighted by Crippen LogP contribution is 2.28. The first-order chi connectivity index (χ1) is 12.0. The molecule has 25 heavy (non-hydrogen) atoms. The Labute approximate surface area is 145 Å². The molecule has 1 saturated heterocycles. The molecule has 1 fully saturated rings. The van der Waals surface area contributed by atoms with E-state index < -0.39 is 11.9 Å². The number of aromatic nitrogens is 1. The van der Waals surface area contributed by atoms with E-state index in [4.69, 9.17) is 9.84 Å². The highest BCUT2D eigenvalue weighted by Gasteiger charge is 2.29. The molecule has 0 spiro atoms. The minimum absolute atomic E-state index is 0.0909. The molecule has 3 rings (SSSR count). The molecular formula is C19H20N2O4. The third-order valence-electron chi connectivity index (χ3n) is 4.25. The number of carbonyl (C=O) groups is 2. The minimum Gasteiger partial charge on any atom is -0.477 e. The molecule has 6 nitrogen and oxygen atoms in total. The second kappa shape index (κ2) is 7.44. The zero-order valence-corrected chi connectivity index (χ0v) is 13.9. The number of aromatic carboxylic acids is 1. The van der Waals surface area contributed by atoms with E-state index in [9.17, 15) is 9.59 Å². The number of benzene rings is 1. The Morgan fingerprint density at radius 1 is 1.16 bits per heavy atom. The fraction of sp³-hybridized carbons (Fsp3) is 0.316. The molecule has 0 bridgehead atoms. The number of carboxylic acids is 1. The first-order valence-electron chi connectivity index (χ1n) is 8.24. The highest BCUT2D eigenvalue weighted by atomic mass is 16.5. The Balaban J connectivity index is 1.77. The van der Waals surface area contributed by atoms with Crippen molar-refractivity contribution in [2.75, 3.05) is 6.61 Å². The van der Waals surface area contributed by atoms with Crippen LogP contribution in [0.15, 0.2) is 42.5 Å². The van der Waals surface area contributed by atoms with Gasteiger partial charge in [0, 0.05) is 6.61 Å². The number of aryl methyl sites for hydroxylation is 1. The van der Waals surface area contributed by atoms with Crippen LogP contribution in [-0.4, -0.2) is 34.6 Å². The third-order valence-corrected chi connectivity index (χ3v) is 4.25. The van der Waals surface area contributed by atoms with E-state index >= 15 is 0 Å². The first kappa shape index (κ1) is 17.1. The van der Waals surface area contributed by atoms with Crippen molar-refractivity contribution in [1.82, 2.24) is 10.3 Å². The van der Waals surface area contributed by atoms with Crippen molar-refractivity contribution in [2.45, 2.75) is 31.9 Å². The van der Waals surface area contributed by atoms with E-state index in [1.165, 1.54) is 18.2 Å². The summed E-state index contributed by atoms with van der Waals surface area (Å²) in [4.78, 5) is 27.4. The Morgan fingerprint density at radius 3 is 2.60 bits per heavy atom. The molecule has 1 aliphatic rings. The second-order valence-corrected chi connectivity index (χ2v) is 6.14. The highest BCUT2D eigenvalue weighted by molar-refractivity contribution is 5.94. The predicted molar refractivity (Wildman–Crippen MR) is 91.6 cm³/mol. The van der Waals surface area contributed by atoms with Crippen molar-refractivity contribution in [3.8, 4) is 0 Å². The van der Waals surface area contributed by atoms with Crippen molar-refractivity contribution in [2.24, 2.45) is 0 Å². The summed E-state index contributed by atoms with van der Waals surface area (Å²) in [5.74, 6) is -1.55. The van der Waals surface area contributed by atoms with Crippen molar-refractivity contribution in [3.63, 3.8) is 0 Å². The van der Waals surface area contributed by atoms with E-state index in [0.29, 0.717) is 6.61 Å². The number of hydrogen-bond donors (Lipinski definition) is 2. The van der Waals surface area contributed by atoms with Gasteiger partial charge in [-0.05, 0) is 37.5 Å². The van der Waals surface area contributed by atoms with E-state index in [-0.39, 0.29) is 23.5 Å². The number of carboxylic acid groups (broad SMARTS) is 1. The molecule has 1 amide bonds. The van der Waals surface area contributed by atoms with Gasteiger partial charge in [-0.25, -0.2) is 9.78 Å². The van der Waals surface area contributed by atoms with Gasteiger partial charge in [0.05, 0.1) is 6.04 Å². The number of carbonyl (C=O) groups excluding carboxylic acids is 1. The Bertz CT molecular complexity index is 773. The van der Waals surface area contributed by atoms with Crippen LogP contribution in [0, 0.1) is 6.92 Å². The fourth-order valence-corrected chi connectivity index (χ4v) is 2.94. The number of rotatable bonds is 4. The SMILES string of the molecule is Cc1ccc([C@@H]2OCCC[C@H]2NC(=O)c2cccc(C(=O)O)n2)cc1. The lowest BCUT2D eigenvalue weighted by atomic mass is 9.95. The topological polar surface area (TPSA) is 88.5 Å². The molecule has 2 atom stereocenters. The second-order valence-electron chi connectivity index (χ2n) is 6.14. The smallest absolute Gasteiger partial charge is 0.354 e. The molecule has 0 radical (unpaired) electrons. The van der Waals surface area contributed by atoms with Gasteiger partial charge < -0.3 is 15.2 Å². The van der Waals surface area contributed by atoms with Gasteiger partial charge in [-0.1, -0.05) is 35.9 Å². The van der Waals surface area contributed by atoms with Crippen LogP contribution >= 0.6 is 0 Å². The molecule has 2 aromatic rings. The summed E-state index contributed by atoms with van der Waals surface area (Å²) < 4.78 is 5.89. The zero-order chi connectivity index (χ0) is 17.8. The molecule has 130 valence electrons. The summed E-state index contributed by atoms with van der Waals surface area (Å²) in [6.07, 6.45) is 1.43. The van der Waals surface area contributed by atoms with Gasteiger partial charge in [0.1, 0.15) is 17.5 Å². The molecule has 2 heterocycles. The summed E-state index contributed by atoms with van der Waals surface area (Å²) in [5.41, 5.74) is 2.12. The van der Waals surface area contributed by atoms with Crippen molar-refractivity contribution in [1.29, 1.82) is 0 Å². The van der Waals surface area contributed by atoms with E-state index in [0.717, 1.165) is 24.0 Å². The Hall–Kier alpha value is -2.73. The van der Waals surface area contributed by atoms with Crippen molar-refractivity contribution in [3.05, 3.63) is 65.0 Å². The molecular weight excluding hydrogens is 320 g/mol. The molecule has 6 heteroatoms. The number of nitrogens with zero attached hydrogens (tertiary/aromatic N) is 1. The first-order valence-corrected chi connectivity index (χ1v) is 8.24. The van der Waals surface area contributed by atoms with Crippen LogP contribution < -0.4 is 5.32 Å². The maximum Gasteiger partial charge on any atom is 0.354 e. The normalized spacial score (nSPS) is 20.0. The van der Waals surface area contributed by atoms with E-state index in [1.54, 1.807) is 0 Å². The number of nitrogens with one attached hydrogen (secondary N) is 1. The van der Waals surface area contributed by atoms with Crippen LogP contribution in [0.5, 0.6) is 0 Å². The lowest BCUT2D eigenvalue weighted by Crippen LogP contribution is -2.43. The maximum atomic E-state index is 12.5. The lowest BCUT2D eigenvalue weighted by molar-refractivity contribution is -0.00952. The average molecular weight is 340 g/mol. The zero-order valence-electron chi connectivity index (χ0n) is 13.9. The van der Waals surface area contributed by atoms with Crippen LogP contribution in [-0.2, 0) is 4.74 Å². The van der Waals surface area contributed by atoms with Gasteiger partial charge in [-0.3, -0.25) is 4.79 Å². The summed E-state index contributed by atoms with van der Waals surface area (Å²) in [5, 5.41) is 12.0.